The van der Waals surface area contributed by atoms with Crippen molar-refractivity contribution in [3.63, 3.8) is 0 Å². The number of carbonyl (C=O) groups is 2. The van der Waals surface area contributed by atoms with Crippen LogP contribution in [0.25, 0.3) is 0 Å². The molecule has 0 saturated carbocycles. The van der Waals surface area contributed by atoms with E-state index in [-0.39, 0.29) is 23.3 Å². The van der Waals surface area contributed by atoms with Crippen LogP contribution in [-0.4, -0.2) is 28.4 Å². The molecule has 1 saturated heterocycles. The maximum Gasteiger partial charge on any atom is 0.338 e. The first-order valence-corrected chi connectivity index (χ1v) is 7.74. The van der Waals surface area contributed by atoms with Crippen LogP contribution in [0.1, 0.15) is 45.4 Å². The fourth-order valence-electron chi connectivity index (χ4n) is 2.77. The molecule has 22 heavy (non-hydrogen) atoms. The molecular formula is C16H14BrNO4. The predicted molar refractivity (Wildman–Crippen MR) is 82.8 cm³/mol. The van der Waals surface area contributed by atoms with Crippen LogP contribution in [0.3, 0.4) is 0 Å². The lowest BCUT2D eigenvalue weighted by Crippen LogP contribution is -2.30. The molecule has 1 atom stereocenters. The van der Waals surface area contributed by atoms with Crippen LogP contribution < -0.4 is 0 Å². The average Bonchev–Trinajstić information content (AvgIpc) is 3.16. The second kappa shape index (κ2) is 5.96. The van der Waals surface area contributed by atoms with Crippen molar-refractivity contribution in [2.45, 2.75) is 18.9 Å². The van der Waals surface area contributed by atoms with Gasteiger partial charge in [-0.3, -0.25) is 4.79 Å². The van der Waals surface area contributed by atoms with Crippen LogP contribution in [0, 0.1) is 0 Å². The average molecular weight is 364 g/mol. The highest BCUT2D eigenvalue weighted by Gasteiger charge is 2.32. The SMILES string of the molecule is O=C(O)c1coc(C(=O)N2CCCC2c2cccc(Br)c2)c1. The van der Waals surface area contributed by atoms with Crippen LogP contribution in [0.5, 0.6) is 0 Å². The quantitative estimate of drug-likeness (QED) is 0.901. The Hall–Kier alpha value is -2.08. The Morgan fingerprint density at radius 1 is 1.32 bits per heavy atom. The molecule has 1 aromatic carbocycles. The van der Waals surface area contributed by atoms with Gasteiger partial charge in [-0.2, -0.15) is 0 Å². The maximum absolute atomic E-state index is 12.6. The summed E-state index contributed by atoms with van der Waals surface area (Å²) in [6.45, 7) is 0.638. The van der Waals surface area contributed by atoms with E-state index in [4.69, 9.17) is 9.52 Å². The standard InChI is InChI=1S/C16H14BrNO4/c17-12-4-1-3-10(7-12)13-5-2-6-18(13)15(19)14-8-11(9-22-14)16(20)21/h1,3-4,7-9,13H,2,5-6H2,(H,20,21). The van der Waals surface area contributed by atoms with Gasteiger partial charge in [-0.15, -0.1) is 0 Å². The molecule has 2 heterocycles. The van der Waals surface area contributed by atoms with Crippen molar-refractivity contribution in [1.82, 2.24) is 4.90 Å². The molecule has 1 aliphatic rings. The fraction of sp³-hybridized carbons (Fsp3) is 0.250. The lowest BCUT2D eigenvalue weighted by atomic mass is 10.0. The Morgan fingerprint density at radius 3 is 2.82 bits per heavy atom. The zero-order chi connectivity index (χ0) is 15.7. The second-order valence-electron chi connectivity index (χ2n) is 5.22. The predicted octanol–water partition coefficient (Wildman–Crippen LogP) is 3.72. The Balaban J connectivity index is 1.86. The van der Waals surface area contributed by atoms with Gasteiger partial charge in [-0.05, 0) is 30.5 Å². The molecule has 1 amide bonds. The summed E-state index contributed by atoms with van der Waals surface area (Å²) in [6.07, 6.45) is 2.89. The summed E-state index contributed by atoms with van der Waals surface area (Å²) in [5, 5.41) is 8.92. The number of furan rings is 1. The highest BCUT2D eigenvalue weighted by atomic mass is 79.9. The summed E-state index contributed by atoms with van der Waals surface area (Å²) >= 11 is 3.44. The number of aromatic carboxylic acids is 1. The van der Waals surface area contributed by atoms with Gasteiger partial charge in [0.05, 0.1) is 11.6 Å². The van der Waals surface area contributed by atoms with Crippen molar-refractivity contribution in [3.05, 3.63) is 58.0 Å². The first kappa shape index (κ1) is 14.8. The van der Waals surface area contributed by atoms with E-state index in [2.05, 4.69) is 15.9 Å². The summed E-state index contributed by atoms with van der Waals surface area (Å²) in [4.78, 5) is 25.2. The number of hydrogen-bond donors (Lipinski definition) is 1. The Kier molecular flexibility index (Phi) is 4.02. The van der Waals surface area contributed by atoms with Gasteiger partial charge in [-0.25, -0.2) is 4.79 Å². The van der Waals surface area contributed by atoms with Crippen LogP contribution in [0.15, 0.2) is 45.5 Å². The van der Waals surface area contributed by atoms with Crippen molar-refractivity contribution < 1.29 is 19.1 Å². The molecule has 3 rings (SSSR count). The molecule has 1 unspecified atom stereocenters. The minimum atomic E-state index is -1.10. The lowest BCUT2D eigenvalue weighted by molar-refractivity contribution is 0.0690. The molecule has 5 nitrogen and oxygen atoms in total. The molecule has 1 aliphatic heterocycles. The number of amides is 1. The summed E-state index contributed by atoms with van der Waals surface area (Å²) < 4.78 is 6.09. The molecule has 0 spiro atoms. The number of carboxylic acid groups (broad SMARTS) is 1. The first-order valence-electron chi connectivity index (χ1n) is 6.94. The zero-order valence-corrected chi connectivity index (χ0v) is 13.2. The van der Waals surface area contributed by atoms with Crippen LogP contribution in [0.2, 0.25) is 0 Å². The van der Waals surface area contributed by atoms with Crippen molar-refractivity contribution >= 4 is 27.8 Å². The van der Waals surface area contributed by atoms with Gasteiger partial charge in [0.15, 0.2) is 5.76 Å². The number of benzene rings is 1. The largest absolute Gasteiger partial charge is 0.478 e. The summed E-state index contributed by atoms with van der Waals surface area (Å²) in [5.41, 5.74) is 1.05. The summed E-state index contributed by atoms with van der Waals surface area (Å²) in [5.74, 6) is -1.30. The Bertz CT molecular complexity index is 724. The molecule has 1 fully saturated rings. The number of hydrogen-bond acceptors (Lipinski definition) is 3. The van der Waals surface area contributed by atoms with E-state index >= 15 is 0 Å². The number of carboxylic acids is 1. The minimum Gasteiger partial charge on any atom is -0.478 e. The molecule has 114 valence electrons. The smallest absolute Gasteiger partial charge is 0.338 e. The van der Waals surface area contributed by atoms with Crippen molar-refractivity contribution in [3.8, 4) is 0 Å². The van der Waals surface area contributed by atoms with E-state index in [1.54, 1.807) is 4.90 Å². The first-order chi connectivity index (χ1) is 10.6. The van der Waals surface area contributed by atoms with Gasteiger partial charge < -0.3 is 14.4 Å². The molecular weight excluding hydrogens is 350 g/mol. The minimum absolute atomic E-state index is 0.0108. The Labute approximate surface area is 135 Å². The molecule has 2 aromatic rings. The van der Waals surface area contributed by atoms with E-state index < -0.39 is 5.97 Å². The van der Waals surface area contributed by atoms with Crippen LogP contribution in [0.4, 0.5) is 0 Å². The molecule has 1 aromatic heterocycles. The molecule has 1 N–H and O–H groups in total. The van der Waals surface area contributed by atoms with E-state index in [1.165, 1.54) is 6.07 Å². The van der Waals surface area contributed by atoms with Crippen molar-refractivity contribution in [2.24, 2.45) is 0 Å². The Morgan fingerprint density at radius 2 is 2.14 bits per heavy atom. The molecule has 0 radical (unpaired) electrons. The van der Waals surface area contributed by atoms with E-state index in [9.17, 15) is 9.59 Å². The van der Waals surface area contributed by atoms with Gasteiger partial charge in [-0.1, -0.05) is 28.1 Å². The highest BCUT2D eigenvalue weighted by molar-refractivity contribution is 9.10. The fourth-order valence-corrected chi connectivity index (χ4v) is 3.19. The van der Waals surface area contributed by atoms with E-state index in [0.717, 1.165) is 29.1 Å². The molecule has 0 bridgehead atoms. The van der Waals surface area contributed by atoms with Crippen molar-refractivity contribution in [2.75, 3.05) is 6.54 Å². The highest BCUT2D eigenvalue weighted by Crippen LogP contribution is 2.34. The third-order valence-electron chi connectivity index (χ3n) is 3.80. The number of rotatable bonds is 3. The second-order valence-corrected chi connectivity index (χ2v) is 6.13. The van der Waals surface area contributed by atoms with Crippen LogP contribution >= 0.6 is 15.9 Å². The zero-order valence-electron chi connectivity index (χ0n) is 11.7. The van der Waals surface area contributed by atoms with Crippen molar-refractivity contribution in [1.29, 1.82) is 0 Å². The van der Waals surface area contributed by atoms with E-state index in [0.29, 0.717) is 6.54 Å². The number of nitrogens with zero attached hydrogens (tertiary/aromatic N) is 1. The monoisotopic (exact) mass is 363 g/mol. The van der Waals surface area contributed by atoms with Crippen LogP contribution in [-0.2, 0) is 0 Å². The molecule has 0 aliphatic carbocycles. The maximum atomic E-state index is 12.6. The lowest BCUT2D eigenvalue weighted by Gasteiger charge is -2.24. The van der Waals surface area contributed by atoms with E-state index in [1.807, 2.05) is 24.3 Å². The summed E-state index contributed by atoms with van der Waals surface area (Å²) in [7, 11) is 0. The normalized spacial score (nSPS) is 17.7. The van der Waals surface area contributed by atoms with Gasteiger partial charge in [0.25, 0.3) is 5.91 Å². The van der Waals surface area contributed by atoms with Gasteiger partial charge >= 0.3 is 5.97 Å². The number of carbonyl (C=O) groups excluding carboxylic acids is 1. The third kappa shape index (κ3) is 2.78. The van der Waals surface area contributed by atoms with Gasteiger partial charge in [0.2, 0.25) is 0 Å². The molecule has 6 heteroatoms. The number of halogens is 1. The topological polar surface area (TPSA) is 70.7 Å². The summed E-state index contributed by atoms with van der Waals surface area (Å²) in [6, 6.07) is 9.14. The third-order valence-corrected chi connectivity index (χ3v) is 4.30. The van der Waals surface area contributed by atoms with Gasteiger partial charge in [0, 0.05) is 17.1 Å². The van der Waals surface area contributed by atoms with Gasteiger partial charge in [0.1, 0.15) is 6.26 Å². The number of likely N-dealkylation sites (tertiary alicyclic amines) is 1.